The van der Waals surface area contributed by atoms with Crippen LogP contribution in [-0.2, 0) is 5.41 Å². The smallest absolute Gasteiger partial charge is 0.321 e. The maximum absolute atomic E-state index is 5.75. The van der Waals surface area contributed by atoms with E-state index in [-0.39, 0.29) is 11.4 Å². The Hall–Kier alpha value is -1.65. The molecule has 0 bridgehead atoms. The van der Waals surface area contributed by atoms with Crippen LogP contribution in [0.2, 0.25) is 0 Å². The van der Waals surface area contributed by atoms with E-state index in [1.807, 2.05) is 6.08 Å². The quantitative estimate of drug-likeness (QED) is 0.825. The van der Waals surface area contributed by atoms with Gasteiger partial charge in [-0.2, -0.15) is 15.0 Å². The van der Waals surface area contributed by atoms with E-state index in [1.54, 1.807) is 7.11 Å². The van der Waals surface area contributed by atoms with Gasteiger partial charge in [0.15, 0.2) is 0 Å². The molecule has 104 valence electrons. The number of nitrogen functional groups attached to an aromatic ring is 1. The summed E-state index contributed by atoms with van der Waals surface area (Å²) < 4.78 is 5.10. The van der Waals surface area contributed by atoms with E-state index in [0.29, 0.717) is 11.9 Å². The lowest BCUT2D eigenvalue weighted by atomic mass is 9.81. The molecular formula is C14H22N4O. The van der Waals surface area contributed by atoms with Crippen LogP contribution in [0.15, 0.2) is 12.7 Å². The molecule has 1 aliphatic carbocycles. The molecule has 19 heavy (non-hydrogen) atoms. The Balaban J connectivity index is 2.31. The number of ether oxygens (including phenoxy) is 1. The molecule has 0 radical (unpaired) electrons. The van der Waals surface area contributed by atoms with Crippen LogP contribution in [0.3, 0.4) is 0 Å². The Morgan fingerprint density at radius 2 is 2.26 bits per heavy atom. The third-order valence-electron chi connectivity index (χ3n) is 4.18. The average molecular weight is 262 g/mol. The molecule has 2 rings (SSSR count). The maximum Gasteiger partial charge on any atom is 0.321 e. The van der Waals surface area contributed by atoms with Gasteiger partial charge in [-0.15, -0.1) is 6.58 Å². The van der Waals surface area contributed by atoms with E-state index in [0.717, 1.165) is 31.5 Å². The minimum atomic E-state index is 0.0119. The first-order chi connectivity index (χ1) is 9.13. The Morgan fingerprint density at radius 1 is 1.47 bits per heavy atom. The van der Waals surface area contributed by atoms with Crippen molar-refractivity contribution < 1.29 is 4.74 Å². The van der Waals surface area contributed by atoms with Crippen LogP contribution in [0.1, 0.15) is 44.9 Å². The molecule has 0 aliphatic heterocycles. The molecule has 1 heterocycles. The van der Waals surface area contributed by atoms with E-state index >= 15 is 0 Å². The van der Waals surface area contributed by atoms with Crippen molar-refractivity contribution in [3.05, 3.63) is 18.5 Å². The molecule has 1 aromatic rings. The number of nitrogens with zero attached hydrogens (tertiary/aromatic N) is 3. The van der Waals surface area contributed by atoms with Crippen molar-refractivity contribution >= 4 is 5.95 Å². The van der Waals surface area contributed by atoms with E-state index in [2.05, 4.69) is 28.5 Å². The number of aromatic nitrogens is 3. The fourth-order valence-corrected chi connectivity index (χ4v) is 3.06. The summed E-state index contributed by atoms with van der Waals surface area (Å²) in [6.07, 6.45) is 7.43. The largest absolute Gasteiger partial charge is 0.467 e. The van der Waals surface area contributed by atoms with Crippen molar-refractivity contribution in [2.24, 2.45) is 5.92 Å². The molecule has 0 saturated heterocycles. The zero-order valence-electron chi connectivity index (χ0n) is 11.7. The van der Waals surface area contributed by atoms with Crippen molar-refractivity contribution in [3.63, 3.8) is 0 Å². The monoisotopic (exact) mass is 262 g/mol. The first-order valence-electron chi connectivity index (χ1n) is 6.80. The van der Waals surface area contributed by atoms with Crippen molar-refractivity contribution in [1.82, 2.24) is 15.0 Å². The molecule has 1 aliphatic rings. The van der Waals surface area contributed by atoms with Gasteiger partial charge in [0.2, 0.25) is 5.95 Å². The summed E-state index contributed by atoms with van der Waals surface area (Å²) in [7, 11) is 1.55. The summed E-state index contributed by atoms with van der Waals surface area (Å²) in [4.78, 5) is 12.7. The number of rotatable bonds is 5. The van der Waals surface area contributed by atoms with Crippen LogP contribution in [0, 0.1) is 5.92 Å². The van der Waals surface area contributed by atoms with Crippen LogP contribution in [-0.4, -0.2) is 22.1 Å². The third kappa shape index (κ3) is 2.69. The Morgan fingerprint density at radius 3 is 2.89 bits per heavy atom. The first-order valence-corrected chi connectivity index (χ1v) is 6.80. The van der Waals surface area contributed by atoms with Crippen LogP contribution in [0.25, 0.3) is 0 Å². The second kappa shape index (κ2) is 5.55. The summed E-state index contributed by atoms with van der Waals surface area (Å²) in [6, 6.07) is 0.308. The molecule has 1 saturated carbocycles. The Labute approximate surface area is 114 Å². The summed E-state index contributed by atoms with van der Waals surface area (Å²) in [6.45, 7) is 6.01. The zero-order valence-corrected chi connectivity index (χ0v) is 11.7. The van der Waals surface area contributed by atoms with E-state index in [1.165, 1.54) is 6.42 Å². The summed E-state index contributed by atoms with van der Waals surface area (Å²) in [5.74, 6) is 1.69. The molecule has 5 heteroatoms. The van der Waals surface area contributed by atoms with Gasteiger partial charge in [0, 0.05) is 5.41 Å². The standard InChI is InChI=1S/C14H22N4O/c1-4-6-10-7-8-14(5-2,9-10)11-16-12(15)18-13(17-11)19-3/h4,10H,1,5-9H2,2-3H3,(H2,15,16,17,18). The lowest BCUT2D eigenvalue weighted by molar-refractivity contribution is 0.346. The van der Waals surface area contributed by atoms with Gasteiger partial charge in [-0.3, -0.25) is 0 Å². The van der Waals surface area contributed by atoms with Crippen LogP contribution in [0.4, 0.5) is 5.95 Å². The van der Waals surface area contributed by atoms with Crippen molar-refractivity contribution in [3.8, 4) is 6.01 Å². The number of anilines is 1. The second-order valence-corrected chi connectivity index (χ2v) is 5.27. The number of methoxy groups -OCH3 is 1. The first kappa shape index (κ1) is 13.8. The summed E-state index contributed by atoms with van der Waals surface area (Å²) in [5.41, 5.74) is 5.76. The number of hydrogen-bond donors (Lipinski definition) is 1. The van der Waals surface area contributed by atoms with Gasteiger partial charge in [0.25, 0.3) is 0 Å². The lowest BCUT2D eigenvalue weighted by Gasteiger charge is -2.26. The molecule has 0 aromatic carbocycles. The molecule has 2 unspecified atom stereocenters. The molecule has 1 aromatic heterocycles. The lowest BCUT2D eigenvalue weighted by Crippen LogP contribution is -2.26. The van der Waals surface area contributed by atoms with Gasteiger partial charge < -0.3 is 10.5 Å². The van der Waals surface area contributed by atoms with Gasteiger partial charge >= 0.3 is 6.01 Å². The van der Waals surface area contributed by atoms with Crippen LogP contribution in [0.5, 0.6) is 6.01 Å². The SMILES string of the molecule is C=CCC1CCC(CC)(c2nc(N)nc(OC)n2)C1. The van der Waals surface area contributed by atoms with E-state index in [9.17, 15) is 0 Å². The van der Waals surface area contributed by atoms with Gasteiger partial charge in [0.05, 0.1) is 7.11 Å². The maximum atomic E-state index is 5.75. The molecule has 2 N–H and O–H groups in total. The van der Waals surface area contributed by atoms with Crippen LogP contribution < -0.4 is 10.5 Å². The van der Waals surface area contributed by atoms with Gasteiger partial charge in [0.1, 0.15) is 5.82 Å². The molecule has 2 atom stereocenters. The number of allylic oxidation sites excluding steroid dienone is 1. The average Bonchev–Trinajstić information content (AvgIpc) is 2.83. The van der Waals surface area contributed by atoms with Crippen molar-refractivity contribution in [1.29, 1.82) is 0 Å². The van der Waals surface area contributed by atoms with Gasteiger partial charge in [-0.25, -0.2) is 0 Å². The molecule has 1 fully saturated rings. The highest BCUT2D eigenvalue weighted by Crippen LogP contribution is 2.46. The fraction of sp³-hybridized carbons (Fsp3) is 0.643. The third-order valence-corrected chi connectivity index (χ3v) is 4.18. The normalized spacial score (nSPS) is 26.3. The summed E-state index contributed by atoms with van der Waals surface area (Å²) in [5, 5.41) is 0. The van der Waals surface area contributed by atoms with Crippen molar-refractivity contribution in [2.45, 2.75) is 44.4 Å². The predicted octanol–water partition coefficient (Wildman–Crippen LogP) is 2.49. The van der Waals surface area contributed by atoms with Crippen molar-refractivity contribution in [2.75, 3.05) is 12.8 Å². The minimum absolute atomic E-state index is 0.0119. The fourth-order valence-electron chi connectivity index (χ4n) is 3.06. The molecule has 5 nitrogen and oxygen atoms in total. The topological polar surface area (TPSA) is 73.9 Å². The van der Waals surface area contributed by atoms with E-state index in [4.69, 9.17) is 10.5 Å². The second-order valence-electron chi connectivity index (χ2n) is 5.27. The highest BCUT2D eigenvalue weighted by Gasteiger charge is 2.41. The zero-order chi connectivity index (χ0) is 13.9. The number of hydrogen-bond acceptors (Lipinski definition) is 5. The van der Waals surface area contributed by atoms with Gasteiger partial charge in [-0.05, 0) is 38.0 Å². The Kier molecular flexibility index (Phi) is 4.02. The highest BCUT2D eigenvalue weighted by molar-refractivity contribution is 5.23. The van der Waals surface area contributed by atoms with E-state index < -0.39 is 0 Å². The molecule has 0 spiro atoms. The highest BCUT2D eigenvalue weighted by atomic mass is 16.5. The predicted molar refractivity (Wildman–Crippen MR) is 74.9 cm³/mol. The number of nitrogens with two attached hydrogens (primary N) is 1. The van der Waals surface area contributed by atoms with Gasteiger partial charge in [-0.1, -0.05) is 13.0 Å². The van der Waals surface area contributed by atoms with Crippen LogP contribution >= 0.6 is 0 Å². The molecule has 0 amide bonds. The Bertz CT molecular complexity index is 463. The minimum Gasteiger partial charge on any atom is -0.467 e. The molecular weight excluding hydrogens is 240 g/mol. The summed E-state index contributed by atoms with van der Waals surface area (Å²) >= 11 is 0.